The summed E-state index contributed by atoms with van der Waals surface area (Å²) >= 11 is 0. The molecule has 0 amide bonds. The van der Waals surface area contributed by atoms with Crippen molar-refractivity contribution < 1.29 is 38.2 Å². The number of rotatable bonds is 36. The lowest BCUT2D eigenvalue weighted by Crippen LogP contribution is -2.50. The molecule has 0 aliphatic heterocycles. The van der Waals surface area contributed by atoms with Gasteiger partial charge in [-0.2, -0.15) is 0 Å². The van der Waals surface area contributed by atoms with Crippen molar-refractivity contribution in [3.63, 3.8) is 0 Å². The number of esters is 2. The molecule has 0 aromatic rings. The molecule has 1 N–H and O–H groups in total. The van der Waals surface area contributed by atoms with Crippen molar-refractivity contribution >= 4 is 17.9 Å². The summed E-state index contributed by atoms with van der Waals surface area (Å²) in [6.45, 7) is 4.54. The van der Waals surface area contributed by atoms with Gasteiger partial charge in [0.2, 0.25) is 0 Å². The zero-order valence-electron chi connectivity index (χ0n) is 34.4. The Labute approximate surface area is 324 Å². The maximum absolute atomic E-state index is 12.7. The Bertz CT molecular complexity index is 1050. The average molecular weight is 745 g/mol. The number of nitrogens with zero attached hydrogens (tertiary/aromatic N) is 1. The Balaban J connectivity index is 4.48. The summed E-state index contributed by atoms with van der Waals surface area (Å²) in [5.41, 5.74) is 0. The Morgan fingerprint density at radius 3 is 1.62 bits per heavy atom. The molecule has 0 saturated heterocycles. The maximum Gasteiger partial charge on any atom is 0.362 e. The number of allylic oxidation sites excluding steroid dienone is 10. The normalized spacial score (nSPS) is 13.6. The largest absolute Gasteiger partial charge is 0.477 e. The lowest BCUT2D eigenvalue weighted by atomic mass is 10.1. The smallest absolute Gasteiger partial charge is 0.362 e. The van der Waals surface area contributed by atoms with Crippen molar-refractivity contribution in [1.82, 2.24) is 0 Å². The fourth-order valence-corrected chi connectivity index (χ4v) is 5.66. The van der Waals surface area contributed by atoms with Crippen molar-refractivity contribution in [2.24, 2.45) is 0 Å². The summed E-state index contributed by atoms with van der Waals surface area (Å²) in [5.74, 6) is -1.54. The van der Waals surface area contributed by atoms with Gasteiger partial charge >= 0.3 is 17.9 Å². The lowest BCUT2D eigenvalue weighted by Gasteiger charge is -2.31. The predicted molar refractivity (Wildman–Crippen MR) is 220 cm³/mol. The van der Waals surface area contributed by atoms with Gasteiger partial charge in [-0.3, -0.25) is 9.59 Å². The number of aliphatic carboxylic acids is 1. The third-order valence-corrected chi connectivity index (χ3v) is 8.90. The van der Waals surface area contributed by atoms with E-state index in [1.807, 2.05) is 21.1 Å². The van der Waals surface area contributed by atoms with Crippen molar-refractivity contribution in [3.05, 3.63) is 60.8 Å². The van der Waals surface area contributed by atoms with Crippen LogP contribution >= 0.6 is 0 Å². The first-order valence-corrected chi connectivity index (χ1v) is 20.8. The Morgan fingerprint density at radius 1 is 0.585 bits per heavy atom. The van der Waals surface area contributed by atoms with E-state index in [0.29, 0.717) is 19.3 Å². The number of carboxylic acids is 1. The van der Waals surface area contributed by atoms with Crippen molar-refractivity contribution in [1.29, 1.82) is 0 Å². The van der Waals surface area contributed by atoms with E-state index in [-0.39, 0.29) is 42.7 Å². The number of carbonyl (C=O) groups excluding carboxylic acids is 2. The van der Waals surface area contributed by atoms with Crippen molar-refractivity contribution in [3.8, 4) is 0 Å². The maximum atomic E-state index is 12.7. The minimum Gasteiger partial charge on any atom is -0.477 e. The minimum absolute atomic E-state index is 0.0394. The molecule has 8 nitrogen and oxygen atoms in total. The van der Waals surface area contributed by atoms with Gasteiger partial charge in [-0.05, 0) is 77.0 Å². The van der Waals surface area contributed by atoms with E-state index in [4.69, 9.17) is 14.2 Å². The van der Waals surface area contributed by atoms with Crippen molar-refractivity contribution in [2.45, 2.75) is 167 Å². The van der Waals surface area contributed by atoms with Gasteiger partial charge in [0.15, 0.2) is 12.1 Å². The molecule has 0 aromatic carbocycles. The second kappa shape index (κ2) is 36.0. The van der Waals surface area contributed by atoms with E-state index in [2.05, 4.69) is 74.6 Å². The van der Waals surface area contributed by atoms with Crippen LogP contribution in [0.15, 0.2) is 60.8 Å². The van der Waals surface area contributed by atoms with E-state index in [1.54, 1.807) is 0 Å². The zero-order valence-corrected chi connectivity index (χ0v) is 34.4. The van der Waals surface area contributed by atoms with Crippen LogP contribution in [0.2, 0.25) is 0 Å². The number of quaternary nitrogens is 1. The molecule has 0 aliphatic carbocycles. The molecular weight excluding hydrogens is 666 g/mol. The molecule has 8 heteroatoms. The van der Waals surface area contributed by atoms with E-state index in [0.717, 1.165) is 70.6 Å². The SMILES string of the molecule is CC/C=C\C/C=C\C/C=C\C/C=C\CCCCC(=O)OC(COCCC(C(=O)O)[N+](C)(C)C)COC(=O)CCCCCCC/C=C\CCCCCCC. The van der Waals surface area contributed by atoms with Gasteiger partial charge < -0.3 is 23.8 Å². The summed E-state index contributed by atoms with van der Waals surface area (Å²) in [7, 11) is 5.50. The highest BCUT2D eigenvalue weighted by Crippen LogP contribution is 2.12. The summed E-state index contributed by atoms with van der Waals surface area (Å²) < 4.78 is 17.2. The molecule has 0 aromatic heterocycles. The Morgan fingerprint density at radius 2 is 1.06 bits per heavy atom. The molecule has 0 radical (unpaired) electrons. The zero-order chi connectivity index (χ0) is 39.3. The van der Waals surface area contributed by atoms with Crippen LogP contribution in [0, 0.1) is 0 Å². The predicted octanol–water partition coefficient (Wildman–Crippen LogP) is 11.0. The molecule has 0 rings (SSSR count). The number of unbranched alkanes of at least 4 members (excludes halogenated alkanes) is 12. The molecule has 0 bridgehead atoms. The van der Waals surface area contributed by atoms with Crippen LogP contribution in [0.3, 0.4) is 0 Å². The lowest BCUT2D eigenvalue weighted by molar-refractivity contribution is -0.887. The van der Waals surface area contributed by atoms with E-state index >= 15 is 0 Å². The minimum atomic E-state index is -0.886. The standard InChI is InChI=1S/C45H77NO7/c1-6-8-10-12-14-16-18-20-22-24-26-28-30-32-34-36-44(48)53-41(39-51-38-37-42(45(49)50)46(3,4)5)40-52-43(47)35-33-31-29-27-25-23-21-19-17-15-13-11-9-7-2/h8,10,14,16,19-22,26,28,41-42H,6-7,9,11-13,15,17-18,23-25,27,29-40H2,1-5H3/p+1/b10-8-,16-14-,21-19-,22-20-,28-26-. The quantitative estimate of drug-likeness (QED) is 0.0295. The van der Waals surface area contributed by atoms with Gasteiger partial charge in [-0.15, -0.1) is 0 Å². The molecular formula is C45H78NO7+. The third kappa shape index (κ3) is 34.5. The van der Waals surface area contributed by atoms with E-state index in [1.165, 1.54) is 44.9 Å². The molecule has 0 saturated carbocycles. The number of hydrogen-bond donors (Lipinski definition) is 1. The molecule has 304 valence electrons. The second-order valence-electron chi connectivity index (χ2n) is 14.9. The van der Waals surface area contributed by atoms with Gasteiger partial charge in [0.25, 0.3) is 0 Å². The highest BCUT2D eigenvalue weighted by atomic mass is 16.6. The number of carbonyl (C=O) groups is 3. The number of hydrogen-bond acceptors (Lipinski definition) is 6. The van der Waals surface area contributed by atoms with Gasteiger partial charge in [-0.25, -0.2) is 4.79 Å². The van der Waals surface area contributed by atoms with E-state index in [9.17, 15) is 19.5 Å². The number of carboxylic acid groups (broad SMARTS) is 1. The summed E-state index contributed by atoms with van der Waals surface area (Å²) in [4.78, 5) is 36.9. The summed E-state index contributed by atoms with van der Waals surface area (Å²) in [6, 6.07) is -0.624. The monoisotopic (exact) mass is 745 g/mol. The molecule has 0 heterocycles. The first kappa shape index (κ1) is 50.0. The topological polar surface area (TPSA) is 99.1 Å². The van der Waals surface area contributed by atoms with Gasteiger partial charge in [-0.1, -0.05) is 120 Å². The molecule has 2 atom stereocenters. The molecule has 0 spiro atoms. The fourth-order valence-electron chi connectivity index (χ4n) is 5.66. The third-order valence-electron chi connectivity index (χ3n) is 8.90. The van der Waals surface area contributed by atoms with Gasteiger partial charge in [0, 0.05) is 19.3 Å². The van der Waals surface area contributed by atoms with Crippen LogP contribution < -0.4 is 0 Å². The highest BCUT2D eigenvalue weighted by molar-refractivity contribution is 5.72. The molecule has 53 heavy (non-hydrogen) atoms. The van der Waals surface area contributed by atoms with Crippen molar-refractivity contribution in [2.75, 3.05) is 41.0 Å². The Hall–Kier alpha value is -2.97. The van der Waals surface area contributed by atoms with Crippen LogP contribution in [-0.2, 0) is 28.6 Å². The number of ether oxygens (including phenoxy) is 3. The van der Waals surface area contributed by atoms with Crippen LogP contribution in [-0.4, -0.2) is 80.6 Å². The van der Waals surface area contributed by atoms with Crippen LogP contribution in [0.5, 0.6) is 0 Å². The van der Waals surface area contributed by atoms with Crippen LogP contribution in [0.4, 0.5) is 0 Å². The Kier molecular flexibility index (Phi) is 34.0. The second-order valence-corrected chi connectivity index (χ2v) is 14.9. The summed E-state index contributed by atoms with van der Waals surface area (Å²) in [5, 5.41) is 9.60. The van der Waals surface area contributed by atoms with Gasteiger partial charge in [0.05, 0.1) is 34.4 Å². The van der Waals surface area contributed by atoms with E-state index < -0.39 is 18.1 Å². The molecule has 0 aliphatic rings. The van der Waals surface area contributed by atoms with Crippen LogP contribution in [0.1, 0.15) is 155 Å². The first-order chi connectivity index (χ1) is 25.6. The number of likely N-dealkylation sites (N-methyl/N-ethyl adjacent to an activating group) is 1. The van der Waals surface area contributed by atoms with Gasteiger partial charge in [0.1, 0.15) is 6.61 Å². The molecule has 0 fully saturated rings. The van der Waals surface area contributed by atoms with Crippen LogP contribution in [0.25, 0.3) is 0 Å². The highest BCUT2D eigenvalue weighted by Gasteiger charge is 2.31. The summed E-state index contributed by atoms with van der Waals surface area (Å²) in [6.07, 6.45) is 42.6. The first-order valence-electron chi connectivity index (χ1n) is 20.8. The molecule has 2 unspecified atom stereocenters. The average Bonchev–Trinajstić information content (AvgIpc) is 3.11. The fraction of sp³-hybridized carbons (Fsp3) is 0.711.